The highest BCUT2D eigenvalue weighted by Gasteiger charge is 2.30. The maximum absolute atomic E-state index is 6.17. The molecular formula is C20H33Cl2N3O2. The summed E-state index contributed by atoms with van der Waals surface area (Å²) in [6.07, 6.45) is 2.59. The van der Waals surface area contributed by atoms with Gasteiger partial charge in [-0.05, 0) is 30.5 Å². The first-order valence-electron chi connectivity index (χ1n) is 9.83. The molecule has 0 bridgehead atoms. The molecule has 5 nitrogen and oxygen atoms in total. The number of ether oxygens (including phenoxy) is 2. The van der Waals surface area contributed by atoms with Crippen LogP contribution in [0.15, 0.2) is 24.3 Å². The number of halogens is 2. The lowest BCUT2D eigenvalue weighted by Gasteiger charge is -2.42. The summed E-state index contributed by atoms with van der Waals surface area (Å²) in [6.45, 7) is 10.3. The number of benzene rings is 1. The van der Waals surface area contributed by atoms with Crippen molar-refractivity contribution < 1.29 is 9.47 Å². The first kappa shape index (κ1) is 22.7. The lowest BCUT2D eigenvalue weighted by molar-refractivity contribution is 0.0341. The zero-order chi connectivity index (χ0) is 16.9. The van der Waals surface area contributed by atoms with Gasteiger partial charge in [-0.3, -0.25) is 9.80 Å². The monoisotopic (exact) mass is 417 g/mol. The van der Waals surface area contributed by atoms with E-state index in [0.717, 1.165) is 64.3 Å². The van der Waals surface area contributed by atoms with E-state index in [1.807, 2.05) is 0 Å². The topological polar surface area (TPSA) is 37.0 Å². The summed E-state index contributed by atoms with van der Waals surface area (Å²) < 4.78 is 11.6. The van der Waals surface area contributed by atoms with Crippen LogP contribution in [0.2, 0.25) is 0 Å². The largest absolute Gasteiger partial charge is 0.493 e. The molecule has 0 unspecified atom stereocenters. The Morgan fingerprint density at radius 3 is 2.81 bits per heavy atom. The van der Waals surface area contributed by atoms with Crippen molar-refractivity contribution in [3.8, 4) is 5.75 Å². The number of morpholine rings is 1. The average Bonchev–Trinajstić information content (AvgIpc) is 2.67. The minimum atomic E-state index is 0. The van der Waals surface area contributed by atoms with Crippen LogP contribution in [-0.4, -0.2) is 74.9 Å². The summed E-state index contributed by atoms with van der Waals surface area (Å²) in [7, 11) is 0. The Hall–Kier alpha value is -0.560. The maximum atomic E-state index is 6.17. The average molecular weight is 418 g/mol. The van der Waals surface area contributed by atoms with Gasteiger partial charge in [0, 0.05) is 57.8 Å². The van der Waals surface area contributed by atoms with Crippen LogP contribution in [0.5, 0.6) is 5.75 Å². The van der Waals surface area contributed by atoms with Gasteiger partial charge in [0.25, 0.3) is 0 Å². The zero-order valence-electron chi connectivity index (χ0n) is 16.0. The van der Waals surface area contributed by atoms with Gasteiger partial charge in [0.05, 0.1) is 19.8 Å². The quantitative estimate of drug-likeness (QED) is 0.795. The summed E-state index contributed by atoms with van der Waals surface area (Å²) in [5.74, 6) is 1.69. The molecule has 0 amide bonds. The van der Waals surface area contributed by atoms with Crippen molar-refractivity contribution in [2.24, 2.45) is 5.92 Å². The number of rotatable bonds is 5. The molecule has 1 aromatic rings. The predicted octanol–water partition coefficient (Wildman–Crippen LogP) is 2.42. The van der Waals surface area contributed by atoms with E-state index < -0.39 is 0 Å². The molecule has 0 aromatic heterocycles. The van der Waals surface area contributed by atoms with Crippen molar-refractivity contribution in [3.63, 3.8) is 0 Å². The van der Waals surface area contributed by atoms with Gasteiger partial charge in [0.15, 0.2) is 0 Å². The minimum absolute atomic E-state index is 0. The molecule has 3 saturated heterocycles. The summed E-state index contributed by atoms with van der Waals surface area (Å²) >= 11 is 0. The SMILES string of the molecule is Cl.Cl.c1cc(CN2CCOCC2)cc(OC[C@@H]2CC[C@H]3CNCCN3C2)c1. The maximum Gasteiger partial charge on any atom is 0.119 e. The van der Waals surface area contributed by atoms with E-state index in [-0.39, 0.29) is 24.8 Å². The Kier molecular flexibility index (Phi) is 9.63. The fourth-order valence-electron chi connectivity index (χ4n) is 4.28. The molecule has 154 valence electrons. The highest BCUT2D eigenvalue weighted by molar-refractivity contribution is 5.85. The smallest absolute Gasteiger partial charge is 0.119 e. The number of fused-ring (bicyclic) bond motifs is 1. The number of piperidine rings is 1. The van der Waals surface area contributed by atoms with Crippen molar-refractivity contribution in [1.29, 1.82) is 0 Å². The van der Waals surface area contributed by atoms with Crippen LogP contribution >= 0.6 is 24.8 Å². The fourth-order valence-corrected chi connectivity index (χ4v) is 4.28. The Labute approximate surface area is 175 Å². The van der Waals surface area contributed by atoms with Crippen LogP contribution in [-0.2, 0) is 11.3 Å². The van der Waals surface area contributed by atoms with Crippen molar-refractivity contribution in [2.75, 3.05) is 59.1 Å². The van der Waals surface area contributed by atoms with Gasteiger partial charge in [0.2, 0.25) is 0 Å². The standard InChI is InChI=1S/C20H31N3O2.2ClH/c1-2-17(14-22-8-10-24-11-9-22)12-20(3-1)25-16-18-4-5-19-13-21-6-7-23(19)15-18;;/h1-3,12,18-19,21H,4-11,13-16H2;2*1H/t18-,19+;;/m1../s1. The van der Waals surface area contributed by atoms with E-state index in [4.69, 9.17) is 9.47 Å². The van der Waals surface area contributed by atoms with Gasteiger partial charge in [-0.2, -0.15) is 0 Å². The minimum Gasteiger partial charge on any atom is -0.493 e. The van der Waals surface area contributed by atoms with Crippen molar-refractivity contribution in [1.82, 2.24) is 15.1 Å². The Morgan fingerprint density at radius 1 is 1.11 bits per heavy atom. The third-order valence-corrected chi connectivity index (χ3v) is 5.77. The van der Waals surface area contributed by atoms with E-state index in [1.165, 1.54) is 31.5 Å². The fraction of sp³-hybridized carbons (Fsp3) is 0.700. The van der Waals surface area contributed by atoms with E-state index in [1.54, 1.807) is 0 Å². The van der Waals surface area contributed by atoms with Crippen LogP contribution in [0.3, 0.4) is 0 Å². The number of hydrogen-bond donors (Lipinski definition) is 1. The molecule has 4 rings (SSSR count). The van der Waals surface area contributed by atoms with E-state index in [0.29, 0.717) is 5.92 Å². The van der Waals surface area contributed by atoms with Gasteiger partial charge in [-0.1, -0.05) is 12.1 Å². The van der Waals surface area contributed by atoms with Crippen molar-refractivity contribution in [2.45, 2.75) is 25.4 Å². The van der Waals surface area contributed by atoms with Crippen LogP contribution in [0.1, 0.15) is 18.4 Å². The summed E-state index contributed by atoms with van der Waals surface area (Å²) in [5, 5.41) is 3.51. The molecule has 0 saturated carbocycles. The Balaban J connectivity index is 0.00000131. The molecule has 27 heavy (non-hydrogen) atoms. The van der Waals surface area contributed by atoms with Crippen LogP contribution < -0.4 is 10.1 Å². The highest BCUT2D eigenvalue weighted by Crippen LogP contribution is 2.24. The van der Waals surface area contributed by atoms with Gasteiger partial charge in [-0.15, -0.1) is 24.8 Å². The second-order valence-corrected chi connectivity index (χ2v) is 7.64. The van der Waals surface area contributed by atoms with Crippen LogP contribution in [0.25, 0.3) is 0 Å². The van der Waals surface area contributed by atoms with E-state index in [2.05, 4.69) is 39.4 Å². The lowest BCUT2D eigenvalue weighted by atomic mass is 9.92. The Morgan fingerprint density at radius 2 is 1.96 bits per heavy atom. The summed E-state index contributed by atoms with van der Waals surface area (Å²) in [4.78, 5) is 5.11. The van der Waals surface area contributed by atoms with E-state index in [9.17, 15) is 0 Å². The second kappa shape index (κ2) is 11.4. The molecule has 0 spiro atoms. The number of hydrogen-bond acceptors (Lipinski definition) is 5. The molecule has 2 atom stereocenters. The molecule has 0 aliphatic carbocycles. The zero-order valence-corrected chi connectivity index (χ0v) is 17.6. The first-order valence-corrected chi connectivity index (χ1v) is 9.83. The number of piperazine rings is 1. The summed E-state index contributed by atoms with van der Waals surface area (Å²) in [6, 6.07) is 9.39. The predicted molar refractivity (Wildman–Crippen MR) is 113 cm³/mol. The number of nitrogens with zero attached hydrogens (tertiary/aromatic N) is 2. The van der Waals surface area contributed by atoms with E-state index >= 15 is 0 Å². The van der Waals surface area contributed by atoms with Gasteiger partial charge < -0.3 is 14.8 Å². The molecular weight excluding hydrogens is 385 g/mol. The number of nitrogens with one attached hydrogen (secondary N) is 1. The highest BCUT2D eigenvalue weighted by atomic mass is 35.5. The normalized spacial score (nSPS) is 26.4. The molecule has 0 radical (unpaired) electrons. The van der Waals surface area contributed by atoms with Crippen LogP contribution in [0, 0.1) is 5.92 Å². The molecule has 1 N–H and O–H groups in total. The molecule has 1 aromatic carbocycles. The van der Waals surface area contributed by atoms with Gasteiger partial charge in [0.1, 0.15) is 5.75 Å². The van der Waals surface area contributed by atoms with Gasteiger partial charge >= 0.3 is 0 Å². The lowest BCUT2D eigenvalue weighted by Crippen LogP contribution is -2.55. The van der Waals surface area contributed by atoms with Gasteiger partial charge in [-0.25, -0.2) is 0 Å². The van der Waals surface area contributed by atoms with Crippen LogP contribution in [0.4, 0.5) is 0 Å². The molecule has 3 heterocycles. The first-order chi connectivity index (χ1) is 12.4. The van der Waals surface area contributed by atoms with Crippen molar-refractivity contribution >= 4 is 24.8 Å². The molecule has 3 aliphatic heterocycles. The third-order valence-electron chi connectivity index (χ3n) is 5.77. The Bertz CT molecular complexity index is 558. The van der Waals surface area contributed by atoms with Crippen molar-refractivity contribution in [3.05, 3.63) is 29.8 Å². The summed E-state index contributed by atoms with van der Waals surface area (Å²) in [5.41, 5.74) is 1.34. The molecule has 7 heteroatoms. The third kappa shape index (κ3) is 6.48. The second-order valence-electron chi connectivity index (χ2n) is 7.64. The molecule has 3 fully saturated rings. The molecule has 3 aliphatic rings.